The van der Waals surface area contributed by atoms with Crippen LogP contribution in [0.4, 0.5) is 25.1 Å². The fourth-order valence-electron chi connectivity index (χ4n) is 4.06. The normalized spacial score (nSPS) is 18.1. The third-order valence-corrected chi connectivity index (χ3v) is 6.01. The molecule has 1 amide bonds. The fraction of sp³-hybridized carbons (Fsp3) is 0.524. The van der Waals surface area contributed by atoms with Gasteiger partial charge in [0, 0.05) is 37.0 Å². The predicted molar refractivity (Wildman–Crippen MR) is 109 cm³/mol. The second-order valence-electron chi connectivity index (χ2n) is 8.09. The Balaban J connectivity index is 1.20. The fourth-order valence-corrected chi connectivity index (χ4v) is 4.06. The van der Waals surface area contributed by atoms with Gasteiger partial charge in [-0.1, -0.05) is 6.92 Å². The number of aryl methyl sites for hydroxylation is 1. The maximum Gasteiger partial charge on any atom is 0.410 e. The lowest BCUT2D eigenvalue weighted by Gasteiger charge is -2.40. The molecule has 0 N–H and O–H groups in total. The summed E-state index contributed by atoms with van der Waals surface area (Å²) in [6.07, 6.45) is 0.0203. The van der Waals surface area contributed by atoms with E-state index in [-0.39, 0.29) is 17.9 Å². The maximum atomic E-state index is 12.9. The third-order valence-electron chi connectivity index (χ3n) is 6.01. The molecule has 8 nitrogen and oxygen atoms in total. The number of carbonyl (C=O) groups is 1. The van der Waals surface area contributed by atoms with Crippen LogP contribution in [-0.2, 0) is 24.2 Å². The van der Waals surface area contributed by atoms with Crippen molar-refractivity contribution in [1.82, 2.24) is 19.9 Å². The molecule has 2 aromatic heterocycles. The maximum absolute atomic E-state index is 12.9. The SMILES string of the molecule is CCc1nc2c(c(N3CCC3)n1)CN(C(=O)OC1CN(c3ccnc(C(F)F)c3)C1)C2. The first kappa shape index (κ1) is 19.9. The van der Waals surface area contributed by atoms with Crippen LogP contribution in [0.2, 0.25) is 0 Å². The number of halogens is 2. The lowest BCUT2D eigenvalue weighted by molar-refractivity contribution is 0.0490. The molecule has 0 atom stereocenters. The number of nitrogens with zero attached hydrogens (tertiary/aromatic N) is 6. The van der Waals surface area contributed by atoms with Gasteiger partial charge in [-0.3, -0.25) is 9.88 Å². The minimum Gasteiger partial charge on any atom is -0.442 e. The van der Waals surface area contributed by atoms with E-state index in [1.807, 2.05) is 11.8 Å². The summed E-state index contributed by atoms with van der Waals surface area (Å²) >= 11 is 0. The molecule has 0 saturated carbocycles. The van der Waals surface area contributed by atoms with Crippen LogP contribution in [0.25, 0.3) is 0 Å². The summed E-state index contributed by atoms with van der Waals surface area (Å²) in [5.74, 6) is 1.75. The Hall–Kier alpha value is -3.04. The largest absolute Gasteiger partial charge is 0.442 e. The van der Waals surface area contributed by atoms with Gasteiger partial charge in [0.25, 0.3) is 6.43 Å². The number of anilines is 2. The number of amides is 1. The summed E-state index contributed by atoms with van der Waals surface area (Å²) in [5, 5.41) is 0. The van der Waals surface area contributed by atoms with Gasteiger partial charge in [-0.15, -0.1) is 0 Å². The smallest absolute Gasteiger partial charge is 0.410 e. The predicted octanol–water partition coefficient (Wildman–Crippen LogP) is 2.92. The summed E-state index contributed by atoms with van der Waals surface area (Å²) in [7, 11) is 0. The van der Waals surface area contributed by atoms with Crippen molar-refractivity contribution < 1.29 is 18.3 Å². The van der Waals surface area contributed by atoms with E-state index in [1.165, 1.54) is 12.3 Å². The summed E-state index contributed by atoms with van der Waals surface area (Å²) in [6.45, 7) is 5.80. The summed E-state index contributed by atoms with van der Waals surface area (Å²) in [5.41, 5.74) is 2.32. The van der Waals surface area contributed by atoms with E-state index >= 15 is 0 Å². The zero-order chi connectivity index (χ0) is 21.5. The summed E-state index contributed by atoms with van der Waals surface area (Å²) in [4.78, 5) is 31.5. The molecule has 0 radical (unpaired) electrons. The molecule has 0 aromatic carbocycles. The quantitative estimate of drug-likeness (QED) is 0.722. The second kappa shape index (κ2) is 7.90. The summed E-state index contributed by atoms with van der Waals surface area (Å²) < 4.78 is 31.3. The van der Waals surface area contributed by atoms with E-state index < -0.39 is 6.43 Å². The van der Waals surface area contributed by atoms with E-state index in [0.29, 0.717) is 31.9 Å². The average molecular weight is 430 g/mol. The standard InChI is InChI=1S/C21H24F2N6O2/c1-2-18-25-17-12-29(11-15(17)20(26-18)27-6-3-7-27)21(30)31-14-9-28(10-14)13-4-5-24-16(8-13)19(22)23/h4-5,8,14,19H,2-3,6-7,9-12H2,1H3. The number of fused-ring (bicyclic) bond motifs is 1. The van der Waals surface area contributed by atoms with Crippen molar-refractivity contribution in [2.24, 2.45) is 0 Å². The molecule has 10 heteroatoms. The van der Waals surface area contributed by atoms with Gasteiger partial charge in [0.2, 0.25) is 0 Å². The molecule has 2 fully saturated rings. The van der Waals surface area contributed by atoms with Crippen molar-refractivity contribution in [3.8, 4) is 0 Å². The van der Waals surface area contributed by atoms with Gasteiger partial charge in [-0.25, -0.2) is 23.5 Å². The van der Waals surface area contributed by atoms with Crippen LogP contribution in [0.5, 0.6) is 0 Å². The van der Waals surface area contributed by atoms with Crippen LogP contribution in [0.3, 0.4) is 0 Å². The first-order chi connectivity index (χ1) is 15.0. The molecule has 5 heterocycles. The first-order valence-electron chi connectivity index (χ1n) is 10.6. The molecule has 3 aliphatic rings. The number of pyridine rings is 1. The van der Waals surface area contributed by atoms with Crippen LogP contribution >= 0.6 is 0 Å². The van der Waals surface area contributed by atoms with Crippen molar-refractivity contribution in [1.29, 1.82) is 0 Å². The van der Waals surface area contributed by atoms with Crippen molar-refractivity contribution in [3.63, 3.8) is 0 Å². The number of ether oxygens (including phenoxy) is 1. The molecular weight excluding hydrogens is 406 g/mol. The number of hydrogen-bond donors (Lipinski definition) is 0. The van der Waals surface area contributed by atoms with Crippen LogP contribution in [0.15, 0.2) is 18.3 Å². The number of carbonyl (C=O) groups excluding carboxylic acids is 1. The molecular formula is C21H24F2N6O2. The highest BCUT2D eigenvalue weighted by Gasteiger charge is 2.36. The van der Waals surface area contributed by atoms with E-state index in [0.717, 1.165) is 48.8 Å². The number of aromatic nitrogens is 3. The highest BCUT2D eigenvalue weighted by Crippen LogP contribution is 2.33. The van der Waals surface area contributed by atoms with Gasteiger partial charge in [-0.2, -0.15) is 0 Å². The Morgan fingerprint density at radius 3 is 2.71 bits per heavy atom. The lowest BCUT2D eigenvalue weighted by atomic mass is 10.1. The lowest BCUT2D eigenvalue weighted by Crippen LogP contribution is -2.54. The van der Waals surface area contributed by atoms with E-state index in [2.05, 4.69) is 14.9 Å². The number of hydrogen-bond acceptors (Lipinski definition) is 7. The van der Waals surface area contributed by atoms with Crippen molar-refractivity contribution in [2.75, 3.05) is 36.0 Å². The monoisotopic (exact) mass is 430 g/mol. The Bertz CT molecular complexity index is 994. The zero-order valence-corrected chi connectivity index (χ0v) is 17.3. The zero-order valence-electron chi connectivity index (χ0n) is 17.3. The van der Waals surface area contributed by atoms with Crippen molar-refractivity contribution in [3.05, 3.63) is 41.1 Å². The van der Waals surface area contributed by atoms with E-state index in [4.69, 9.17) is 9.72 Å². The van der Waals surface area contributed by atoms with Crippen LogP contribution in [0.1, 0.15) is 42.5 Å². The molecule has 0 bridgehead atoms. The van der Waals surface area contributed by atoms with Crippen LogP contribution in [-0.4, -0.2) is 58.2 Å². The van der Waals surface area contributed by atoms with Crippen molar-refractivity contribution >= 4 is 17.6 Å². The molecule has 0 aliphatic carbocycles. The van der Waals surface area contributed by atoms with Crippen molar-refractivity contribution in [2.45, 2.75) is 45.4 Å². The minimum absolute atomic E-state index is 0.252. The van der Waals surface area contributed by atoms with Crippen LogP contribution < -0.4 is 9.80 Å². The second-order valence-corrected chi connectivity index (χ2v) is 8.09. The highest BCUT2D eigenvalue weighted by atomic mass is 19.3. The van der Waals surface area contributed by atoms with Gasteiger partial charge >= 0.3 is 6.09 Å². The first-order valence-corrected chi connectivity index (χ1v) is 10.6. The Labute approximate surface area is 178 Å². The van der Waals surface area contributed by atoms with E-state index in [1.54, 1.807) is 11.0 Å². The highest BCUT2D eigenvalue weighted by molar-refractivity contribution is 5.70. The number of alkyl halides is 2. The minimum atomic E-state index is -2.61. The average Bonchev–Trinajstić information content (AvgIpc) is 3.13. The third kappa shape index (κ3) is 3.75. The van der Waals surface area contributed by atoms with Crippen LogP contribution in [0, 0.1) is 0 Å². The Morgan fingerprint density at radius 1 is 1.23 bits per heavy atom. The molecule has 0 unspecified atom stereocenters. The van der Waals surface area contributed by atoms with Gasteiger partial charge in [0.15, 0.2) is 0 Å². The molecule has 3 aliphatic heterocycles. The molecule has 164 valence electrons. The number of rotatable bonds is 5. The Morgan fingerprint density at radius 2 is 2.03 bits per heavy atom. The molecule has 5 rings (SSSR count). The van der Waals surface area contributed by atoms with Gasteiger partial charge in [-0.05, 0) is 18.6 Å². The molecule has 2 aromatic rings. The summed E-state index contributed by atoms with van der Waals surface area (Å²) in [6, 6.07) is 3.06. The molecule has 0 spiro atoms. The van der Waals surface area contributed by atoms with Gasteiger partial charge in [0.05, 0.1) is 31.9 Å². The Kier molecular flexibility index (Phi) is 5.07. The molecule has 2 saturated heterocycles. The van der Waals surface area contributed by atoms with Gasteiger partial charge in [0.1, 0.15) is 23.4 Å². The molecule has 31 heavy (non-hydrogen) atoms. The van der Waals surface area contributed by atoms with E-state index in [9.17, 15) is 13.6 Å². The van der Waals surface area contributed by atoms with Gasteiger partial charge < -0.3 is 14.5 Å². The topological polar surface area (TPSA) is 74.7 Å².